The minimum atomic E-state index is -0.0506. The van der Waals surface area contributed by atoms with E-state index in [1.54, 1.807) is 11.9 Å². The molecule has 26 heavy (non-hydrogen) atoms. The lowest BCUT2D eigenvalue weighted by molar-refractivity contribution is 0.0750. The topological polar surface area (TPSA) is 42.4 Å². The van der Waals surface area contributed by atoms with Crippen molar-refractivity contribution in [2.45, 2.75) is 26.5 Å². The van der Waals surface area contributed by atoms with Gasteiger partial charge in [-0.3, -0.25) is 4.79 Å². The summed E-state index contributed by atoms with van der Waals surface area (Å²) >= 11 is 1.48. The fourth-order valence-electron chi connectivity index (χ4n) is 2.35. The van der Waals surface area contributed by atoms with Gasteiger partial charge in [-0.1, -0.05) is 30.3 Å². The molecule has 0 saturated heterocycles. The Labute approximate surface area is 158 Å². The summed E-state index contributed by atoms with van der Waals surface area (Å²) in [7, 11) is 1.80. The van der Waals surface area contributed by atoms with Crippen LogP contribution in [-0.4, -0.2) is 28.9 Å². The largest absolute Gasteiger partial charge is 0.489 e. The monoisotopic (exact) mass is 366 g/mol. The Hall–Kier alpha value is -2.66. The molecule has 0 spiro atoms. The van der Waals surface area contributed by atoms with E-state index >= 15 is 0 Å². The number of hydrogen-bond acceptors (Lipinski definition) is 4. The van der Waals surface area contributed by atoms with E-state index in [-0.39, 0.29) is 11.9 Å². The number of carbonyl (C=O) groups is 1. The number of ether oxygens (including phenoxy) is 1. The maximum Gasteiger partial charge on any atom is 0.273 e. The Morgan fingerprint density at radius 2 is 1.81 bits per heavy atom. The molecule has 0 unspecified atom stereocenters. The summed E-state index contributed by atoms with van der Waals surface area (Å²) in [6.07, 6.45) is 0. The molecule has 3 rings (SSSR count). The second-order valence-electron chi connectivity index (χ2n) is 6.35. The minimum absolute atomic E-state index is 0.0506. The van der Waals surface area contributed by atoms with Crippen molar-refractivity contribution in [2.75, 3.05) is 7.05 Å². The molecule has 1 amide bonds. The van der Waals surface area contributed by atoms with E-state index in [2.05, 4.69) is 4.98 Å². The Kier molecular flexibility index (Phi) is 5.68. The van der Waals surface area contributed by atoms with Gasteiger partial charge in [-0.25, -0.2) is 4.98 Å². The molecule has 1 heterocycles. The summed E-state index contributed by atoms with van der Waals surface area (Å²) in [5.41, 5.74) is 2.60. The molecule has 4 nitrogen and oxygen atoms in total. The lowest BCUT2D eigenvalue weighted by Gasteiger charge is -2.19. The zero-order valence-corrected chi connectivity index (χ0v) is 16.0. The Morgan fingerprint density at radius 1 is 1.12 bits per heavy atom. The molecule has 0 fully saturated rings. The van der Waals surface area contributed by atoms with Gasteiger partial charge in [0.2, 0.25) is 0 Å². The average molecular weight is 366 g/mol. The van der Waals surface area contributed by atoms with E-state index in [1.165, 1.54) is 11.3 Å². The third kappa shape index (κ3) is 4.29. The minimum Gasteiger partial charge on any atom is -0.489 e. The zero-order valence-electron chi connectivity index (χ0n) is 15.2. The number of thiazole rings is 1. The van der Waals surface area contributed by atoms with Crippen LogP contribution in [0.3, 0.4) is 0 Å². The van der Waals surface area contributed by atoms with Crippen LogP contribution in [0.4, 0.5) is 0 Å². The van der Waals surface area contributed by atoms with E-state index in [1.807, 2.05) is 73.8 Å². The lowest BCUT2D eigenvalue weighted by atomic mass is 10.2. The zero-order chi connectivity index (χ0) is 18.5. The maximum absolute atomic E-state index is 12.4. The summed E-state index contributed by atoms with van der Waals surface area (Å²) in [5, 5.41) is 2.65. The highest BCUT2D eigenvalue weighted by molar-refractivity contribution is 7.13. The Bertz CT molecular complexity index is 857. The number of aromatic nitrogens is 1. The van der Waals surface area contributed by atoms with Crippen molar-refractivity contribution in [1.29, 1.82) is 0 Å². The predicted octanol–water partition coefficient (Wildman–Crippen LogP) is 4.87. The molecule has 2 aromatic carbocycles. The molecule has 0 atom stereocenters. The van der Waals surface area contributed by atoms with Crippen molar-refractivity contribution in [1.82, 2.24) is 9.88 Å². The van der Waals surface area contributed by atoms with E-state index in [9.17, 15) is 4.79 Å². The fraction of sp³-hybridized carbons (Fsp3) is 0.238. The molecular weight excluding hydrogens is 344 g/mol. The standard InChI is InChI=1S/C21H22N2O2S/c1-15(2)23(3)21(24)19-14-26-20(22-19)17-9-11-18(12-10-17)25-13-16-7-5-4-6-8-16/h4-12,14-15H,13H2,1-3H3. The molecular formula is C21H22N2O2S. The lowest BCUT2D eigenvalue weighted by Crippen LogP contribution is -2.33. The highest BCUT2D eigenvalue weighted by Crippen LogP contribution is 2.26. The molecule has 0 aliphatic carbocycles. The van der Waals surface area contributed by atoms with E-state index < -0.39 is 0 Å². The highest BCUT2D eigenvalue weighted by atomic mass is 32.1. The smallest absolute Gasteiger partial charge is 0.273 e. The Balaban J connectivity index is 1.66. The summed E-state index contributed by atoms with van der Waals surface area (Å²) in [6, 6.07) is 18.0. The van der Waals surface area contributed by atoms with Crippen LogP contribution < -0.4 is 4.74 Å². The van der Waals surface area contributed by atoms with Gasteiger partial charge < -0.3 is 9.64 Å². The normalized spacial score (nSPS) is 10.8. The van der Waals surface area contributed by atoms with Gasteiger partial charge in [0.1, 0.15) is 23.1 Å². The van der Waals surface area contributed by atoms with Crippen LogP contribution in [0.2, 0.25) is 0 Å². The van der Waals surface area contributed by atoms with Crippen molar-refractivity contribution in [3.8, 4) is 16.3 Å². The first-order valence-corrected chi connectivity index (χ1v) is 9.42. The van der Waals surface area contributed by atoms with Gasteiger partial charge in [0, 0.05) is 24.0 Å². The quantitative estimate of drug-likeness (QED) is 0.625. The molecule has 1 aromatic heterocycles. The molecule has 134 valence electrons. The van der Waals surface area contributed by atoms with Gasteiger partial charge in [0.15, 0.2) is 0 Å². The van der Waals surface area contributed by atoms with Crippen molar-refractivity contribution in [3.63, 3.8) is 0 Å². The first-order chi connectivity index (χ1) is 12.5. The maximum atomic E-state index is 12.4. The number of benzene rings is 2. The van der Waals surface area contributed by atoms with Gasteiger partial charge in [0.05, 0.1) is 0 Å². The van der Waals surface area contributed by atoms with Crippen LogP contribution in [-0.2, 0) is 6.61 Å². The first kappa shape index (κ1) is 18.1. The number of carbonyl (C=O) groups excluding carboxylic acids is 1. The Morgan fingerprint density at radius 3 is 2.46 bits per heavy atom. The van der Waals surface area contributed by atoms with Gasteiger partial charge >= 0.3 is 0 Å². The van der Waals surface area contributed by atoms with Crippen LogP contribution in [0.5, 0.6) is 5.75 Å². The van der Waals surface area contributed by atoms with Crippen molar-refractivity contribution < 1.29 is 9.53 Å². The van der Waals surface area contributed by atoms with E-state index in [0.717, 1.165) is 21.9 Å². The highest BCUT2D eigenvalue weighted by Gasteiger charge is 2.18. The van der Waals surface area contributed by atoms with Gasteiger partial charge in [-0.2, -0.15) is 0 Å². The molecule has 0 saturated carbocycles. The molecule has 0 N–H and O–H groups in total. The van der Waals surface area contributed by atoms with Crippen molar-refractivity contribution >= 4 is 17.2 Å². The van der Waals surface area contributed by atoms with Gasteiger partial charge in [-0.05, 0) is 43.7 Å². The van der Waals surface area contributed by atoms with Crippen LogP contribution in [0.1, 0.15) is 29.9 Å². The number of hydrogen-bond donors (Lipinski definition) is 0. The van der Waals surface area contributed by atoms with Crippen molar-refractivity contribution in [3.05, 3.63) is 71.2 Å². The molecule has 3 aromatic rings. The predicted molar refractivity (Wildman–Crippen MR) is 106 cm³/mol. The average Bonchev–Trinajstić information content (AvgIpc) is 3.16. The molecule has 5 heteroatoms. The third-order valence-electron chi connectivity index (χ3n) is 4.17. The molecule has 0 aliphatic rings. The molecule has 0 radical (unpaired) electrons. The summed E-state index contributed by atoms with van der Waals surface area (Å²) in [5.74, 6) is 0.760. The van der Waals surface area contributed by atoms with Gasteiger partial charge in [-0.15, -0.1) is 11.3 Å². The number of amides is 1. The van der Waals surface area contributed by atoms with Gasteiger partial charge in [0.25, 0.3) is 5.91 Å². The third-order valence-corrected chi connectivity index (χ3v) is 5.06. The van der Waals surface area contributed by atoms with Crippen LogP contribution in [0, 0.1) is 0 Å². The second-order valence-corrected chi connectivity index (χ2v) is 7.20. The van der Waals surface area contributed by atoms with Crippen LogP contribution in [0.15, 0.2) is 60.0 Å². The SMILES string of the molecule is CC(C)N(C)C(=O)c1csc(-c2ccc(OCc3ccccc3)cc2)n1. The molecule has 0 bridgehead atoms. The van der Waals surface area contributed by atoms with Crippen molar-refractivity contribution in [2.24, 2.45) is 0 Å². The first-order valence-electron chi connectivity index (χ1n) is 8.54. The fourth-order valence-corrected chi connectivity index (χ4v) is 3.15. The van der Waals surface area contributed by atoms with Crippen LogP contribution >= 0.6 is 11.3 Å². The number of rotatable bonds is 6. The summed E-state index contributed by atoms with van der Waals surface area (Å²) < 4.78 is 5.81. The summed E-state index contributed by atoms with van der Waals surface area (Å²) in [6.45, 7) is 4.51. The molecule has 0 aliphatic heterocycles. The van der Waals surface area contributed by atoms with Crippen LogP contribution in [0.25, 0.3) is 10.6 Å². The van der Waals surface area contributed by atoms with E-state index in [0.29, 0.717) is 12.3 Å². The number of nitrogens with zero attached hydrogens (tertiary/aromatic N) is 2. The second kappa shape index (κ2) is 8.15. The van der Waals surface area contributed by atoms with E-state index in [4.69, 9.17) is 4.74 Å². The summed E-state index contributed by atoms with van der Waals surface area (Å²) in [4.78, 5) is 18.5.